The molecule has 3 unspecified atom stereocenters. The summed E-state index contributed by atoms with van der Waals surface area (Å²) in [4.78, 5) is 0. The molecule has 5 fully saturated rings. The van der Waals surface area contributed by atoms with E-state index in [-0.39, 0.29) is 0 Å². The molecular weight excluding hydrogens is 204 g/mol. The minimum Gasteiger partial charge on any atom is -0.0591 e. The molecular formula is C17H28. The van der Waals surface area contributed by atoms with Gasteiger partial charge in [0.15, 0.2) is 0 Å². The first-order valence-corrected chi connectivity index (χ1v) is 8.12. The smallest absolute Gasteiger partial charge is 0.0215 e. The van der Waals surface area contributed by atoms with Crippen LogP contribution in [0.2, 0.25) is 0 Å². The lowest BCUT2D eigenvalue weighted by Gasteiger charge is -2.68. The molecule has 3 atom stereocenters. The Hall–Kier alpha value is 0. The van der Waals surface area contributed by atoms with Gasteiger partial charge in [-0.05, 0) is 79.4 Å². The fraction of sp³-hybridized carbons (Fsp3) is 1.00. The van der Waals surface area contributed by atoms with Crippen LogP contribution in [0.25, 0.3) is 0 Å². The van der Waals surface area contributed by atoms with Crippen molar-refractivity contribution in [1.29, 1.82) is 0 Å². The van der Waals surface area contributed by atoms with Crippen molar-refractivity contribution in [3.8, 4) is 0 Å². The van der Waals surface area contributed by atoms with Gasteiger partial charge in [0.05, 0.1) is 0 Å². The highest BCUT2D eigenvalue weighted by Gasteiger charge is 2.63. The Bertz CT molecular complexity index is 311. The fourth-order valence-corrected chi connectivity index (χ4v) is 7.03. The monoisotopic (exact) mass is 232 g/mol. The van der Waals surface area contributed by atoms with Crippen molar-refractivity contribution >= 4 is 0 Å². The molecule has 4 bridgehead atoms. The maximum absolute atomic E-state index is 2.71. The number of hydrogen-bond acceptors (Lipinski definition) is 0. The van der Waals surface area contributed by atoms with E-state index in [1.807, 2.05) is 0 Å². The number of hydrogen-bond donors (Lipinski definition) is 0. The third kappa shape index (κ3) is 1.25. The van der Waals surface area contributed by atoms with Crippen LogP contribution < -0.4 is 0 Å². The minimum absolute atomic E-state index is 0.719. The summed E-state index contributed by atoms with van der Waals surface area (Å²) in [6.07, 6.45) is 14.1. The summed E-state index contributed by atoms with van der Waals surface area (Å²) in [7, 11) is 0. The van der Waals surface area contributed by atoms with E-state index < -0.39 is 0 Å². The fourth-order valence-electron chi connectivity index (χ4n) is 7.03. The van der Waals surface area contributed by atoms with Gasteiger partial charge in [-0.3, -0.25) is 0 Å². The Morgan fingerprint density at radius 1 is 0.765 bits per heavy atom. The van der Waals surface area contributed by atoms with Crippen LogP contribution in [0, 0.1) is 34.5 Å². The van der Waals surface area contributed by atoms with E-state index in [2.05, 4.69) is 13.8 Å². The third-order valence-electron chi connectivity index (χ3n) is 7.73. The highest BCUT2D eigenvalue weighted by Crippen LogP contribution is 2.71. The van der Waals surface area contributed by atoms with E-state index in [9.17, 15) is 0 Å². The molecule has 5 aliphatic carbocycles. The first-order valence-electron chi connectivity index (χ1n) is 8.12. The largest absolute Gasteiger partial charge is 0.0591 e. The summed E-state index contributed by atoms with van der Waals surface area (Å²) < 4.78 is 0. The molecule has 0 aromatic heterocycles. The van der Waals surface area contributed by atoms with Gasteiger partial charge in [0.1, 0.15) is 0 Å². The quantitative estimate of drug-likeness (QED) is 0.595. The van der Waals surface area contributed by atoms with Gasteiger partial charge in [0.2, 0.25) is 0 Å². The van der Waals surface area contributed by atoms with Crippen molar-refractivity contribution in [3.05, 3.63) is 0 Å². The second-order valence-corrected chi connectivity index (χ2v) is 8.37. The van der Waals surface area contributed by atoms with Crippen molar-refractivity contribution in [2.24, 2.45) is 34.5 Å². The van der Waals surface area contributed by atoms with E-state index in [0.717, 1.165) is 34.5 Å². The Morgan fingerprint density at radius 3 is 1.88 bits per heavy atom. The highest BCUT2D eigenvalue weighted by molar-refractivity contribution is 5.12. The van der Waals surface area contributed by atoms with Crippen LogP contribution in [-0.2, 0) is 0 Å². The van der Waals surface area contributed by atoms with Crippen molar-refractivity contribution in [2.75, 3.05) is 0 Å². The maximum Gasteiger partial charge on any atom is -0.0215 e. The summed E-state index contributed by atoms with van der Waals surface area (Å²) in [5.74, 6) is 4.42. The maximum atomic E-state index is 2.71. The molecule has 0 aromatic carbocycles. The van der Waals surface area contributed by atoms with Crippen LogP contribution >= 0.6 is 0 Å². The summed E-state index contributed by atoms with van der Waals surface area (Å²) >= 11 is 0. The van der Waals surface area contributed by atoms with Gasteiger partial charge in [-0.25, -0.2) is 0 Å². The van der Waals surface area contributed by atoms with Crippen LogP contribution in [0.4, 0.5) is 0 Å². The van der Waals surface area contributed by atoms with Crippen LogP contribution in [0.15, 0.2) is 0 Å². The predicted molar refractivity (Wildman–Crippen MR) is 71.7 cm³/mol. The second-order valence-electron chi connectivity index (χ2n) is 8.37. The summed E-state index contributed by atoms with van der Waals surface area (Å²) in [5, 5.41) is 0. The molecule has 0 radical (unpaired) electrons. The molecule has 17 heavy (non-hydrogen) atoms. The zero-order chi connectivity index (χ0) is 11.7. The van der Waals surface area contributed by atoms with Crippen molar-refractivity contribution in [1.82, 2.24) is 0 Å². The van der Waals surface area contributed by atoms with Gasteiger partial charge >= 0.3 is 0 Å². The normalized spacial score (nSPS) is 57.9. The lowest BCUT2D eigenvalue weighted by molar-refractivity contribution is -0.186. The molecule has 0 aromatic rings. The first kappa shape index (κ1) is 10.9. The molecule has 5 saturated carbocycles. The predicted octanol–water partition coefficient (Wildman–Crippen LogP) is 5.03. The van der Waals surface area contributed by atoms with E-state index in [4.69, 9.17) is 0 Å². The Morgan fingerprint density at radius 2 is 1.35 bits per heavy atom. The van der Waals surface area contributed by atoms with Gasteiger partial charge in [0, 0.05) is 0 Å². The molecule has 0 heterocycles. The van der Waals surface area contributed by atoms with Crippen LogP contribution in [-0.4, -0.2) is 0 Å². The van der Waals surface area contributed by atoms with Gasteiger partial charge in [-0.15, -0.1) is 0 Å². The molecule has 0 aliphatic heterocycles. The SMILES string of the molecule is CC12CC3CC(CC(C3)C1(C)C1CCCC1)C2. The first-order chi connectivity index (χ1) is 8.12. The molecule has 5 rings (SSSR count). The topological polar surface area (TPSA) is 0 Å². The van der Waals surface area contributed by atoms with Crippen molar-refractivity contribution in [2.45, 2.75) is 71.6 Å². The molecule has 0 amide bonds. The van der Waals surface area contributed by atoms with Gasteiger partial charge in [-0.2, -0.15) is 0 Å². The number of rotatable bonds is 1. The second kappa shape index (κ2) is 3.31. The van der Waals surface area contributed by atoms with Gasteiger partial charge in [0.25, 0.3) is 0 Å². The molecule has 0 saturated heterocycles. The Balaban J connectivity index is 1.74. The summed E-state index contributed by atoms with van der Waals surface area (Å²) in [6, 6.07) is 0. The average Bonchev–Trinajstić information content (AvgIpc) is 2.77. The van der Waals surface area contributed by atoms with Crippen LogP contribution in [0.5, 0.6) is 0 Å². The molecule has 0 nitrogen and oxygen atoms in total. The van der Waals surface area contributed by atoms with Crippen LogP contribution in [0.3, 0.4) is 0 Å². The average molecular weight is 232 g/mol. The standard InChI is InChI=1S/C17H28/c1-16-10-12-7-13(11-16)9-15(8-12)17(16,2)14-5-3-4-6-14/h12-15H,3-11H2,1-2H3. The highest BCUT2D eigenvalue weighted by atomic mass is 14.7. The van der Waals surface area contributed by atoms with E-state index in [1.54, 1.807) is 44.9 Å². The molecule has 5 aliphatic rings. The van der Waals surface area contributed by atoms with Crippen molar-refractivity contribution in [3.63, 3.8) is 0 Å². The summed E-state index contributed by atoms with van der Waals surface area (Å²) in [5.41, 5.74) is 1.44. The van der Waals surface area contributed by atoms with E-state index in [0.29, 0.717) is 0 Å². The van der Waals surface area contributed by atoms with Gasteiger partial charge in [-0.1, -0.05) is 26.7 Å². The van der Waals surface area contributed by atoms with E-state index >= 15 is 0 Å². The minimum atomic E-state index is 0.719. The van der Waals surface area contributed by atoms with E-state index in [1.165, 1.54) is 12.8 Å². The molecule has 0 heteroatoms. The third-order valence-corrected chi connectivity index (χ3v) is 7.73. The Kier molecular flexibility index (Phi) is 2.12. The van der Waals surface area contributed by atoms with Crippen molar-refractivity contribution < 1.29 is 0 Å². The molecule has 96 valence electrons. The lowest BCUT2D eigenvalue weighted by atomic mass is 9.37. The van der Waals surface area contributed by atoms with Gasteiger partial charge < -0.3 is 0 Å². The summed E-state index contributed by atoms with van der Waals surface area (Å²) in [6.45, 7) is 5.39. The molecule has 0 N–H and O–H groups in total. The molecule has 0 spiro atoms. The zero-order valence-corrected chi connectivity index (χ0v) is 11.7. The zero-order valence-electron chi connectivity index (χ0n) is 11.7. The lowest BCUT2D eigenvalue weighted by Crippen LogP contribution is -2.59. The van der Waals surface area contributed by atoms with Crippen LogP contribution in [0.1, 0.15) is 71.6 Å². The Labute approximate surface area is 107 Å².